The van der Waals surface area contributed by atoms with Gasteiger partial charge in [0.05, 0.1) is 5.02 Å². The molecule has 21 heavy (non-hydrogen) atoms. The Morgan fingerprint density at radius 1 is 1.24 bits per heavy atom. The molecule has 0 spiro atoms. The molecule has 4 heteroatoms. The summed E-state index contributed by atoms with van der Waals surface area (Å²) in [6.07, 6.45) is 1.67. The zero-order chi connectivity index (χ0) is 15.4. The highest BCUT2D eigenvalue weighted by molar-refractivity contribution is 6.32. The summed E-state index contributed by atoms with van der Waals surface area (Å²) in [6.45, 7) is 3.74. The monoisotopic (exact) mass is 307 g/mol. The van der Waals surface area contributed by atoms with Crippen LogP contribution in [0.5, 0.6) is 11.5 Å². The Labute approximate surface area is 129 Å². The molecule has 2 aromatic rings. The highest BCUT2D eigenvalue weighted by Crippen LogP contribution is 2.32. The first-order valence-corrected chi connectivity index (χ1v) is 7.36. The van der Waals surface area contributed by atoms with Crippen LogP contribution in [0.25, 0.3) is 0 Å². The molecule has 0 aliphatic heterocycles. The van der Waals surface area contributed by atoms with Crippen LogP contribution in [0.15, 0.2) is 36.4 Å². The van der Waals surface area contributed by atoms with Gasteiger partial charge in [-0.25, -0.2) is 4.39 Å². The van der Waals surface area contributed by atoms with Crippen LogP contribution in [0.2, 0.25) is 5.02 Å². The van der Waals surface area contributed by atoms with Crippen molar-refractivity contribution >= 4 is 11.6 Å². The lowest BCUT2D eigenvalue weighted by atomic mass is 10.0. The third-order valence-electron chi connectivity index (χ3n) is 3.39. The topological polar surface area (TPSA) is 35.2 Å². The summed E-state index contributed by atoms with van der Waals surface area (Å²) >= 11 is 6.21. The normalized spacial score (nSPS) is 12.2. The second-order valence-electron chi connectivity index (χ2n) is 5.13. The van der Waals surface area contributed by atoms with Crippen LogP contribution in [0.4, 0.5) is 4.39 Å². The third-order valence-corrected chi connectivity index (χ3v) is 3.69. The second kappa shape index (κ2) is 6.92. The molecule has 1 unspecified atom stereocenters. The SMILES string of the molecule is CCC(N)Cc1ccc(Oc2cccc(C)c2F)c(Cl)c1. The van der Waals surface area contributed by atoms with Gasteiger partial charge in [-0.1, -0.05) is 36.7 Å². The Bertz CT molecular complexity index is 630. The molecule has 0 aliphatic rings. The first-order chi connectivity index (χ1) is 10.0. The Kier molecular flexibility index (Phi) is 5.21. The standard InChI is InChI=1S/C17H19ClFNO/c1-3-13(20)9-12-7-8-15(14(18)10-12)21-16-6-4-5-11(2)17(16)19/h4-8,10,13H,3,9,20H2,1-2H3. The van der Waals surface area contributed by atoms with E-state index in [1.54, 1.807) is 31.2 Å². The molecule has 0 bridgehead atoms. The molecular formula is C17H19ClFNO. The summed E-state index contributed by atoms with van der Waals surface area (Å²) in [4.78, 5) is 0. The largest absolute Gasteiger partial charge is 0.453 e. The summed E-state index contributed by atoms with van der Waals surface area (Å²) in [5.41, 5.74) is 7.51. The number of ether oxygens (including phenoxy) is 1. The Morgan fingerprint density at radius 3 is 2.67 bits per heavy atom. The molecule has 0 heterocycles. The number of halogens is 2. The molecular weight excluding hydrogens is 289 g/mol. The second-order valence-corrected chi connectivity index (χ2v) is 5.53. The maximum Gasteiger partial charge on any atom is 0.168 e. The summed E-state index contributed by atoms with van der Waals surface area (Å²) in [5.74, 6) is 0.246. The molecule has 2 N–H and O–H groups in total. The molecule has 0 aliphatic carbocycles. The van der Waals surface area contributed by atoms with E-state index in [9.17, 15) is 4.39 Å². The van der Waals surface area contributed by atoms with E-state index in [1.165, 1.54) is 0 Å². The van der Waals surface area contributed by atoms with Gasteiger partial charge in [0.25, 0.3) is 0 Å². The molecule has 0 fully saturated rings. The third kappa shape index (κ3) is 3.96. The summed E-state index contributed by atoms with van der Waals surface area (Å²) in [6, 6.07) is 10.6. The lowest BCUT2D eigenvalue weighted by Gasteiger charge is -2.12. The van der Waals surface area contributed by atoms with E-state index in [2.05, 4.69) is 0 Å². The van der Waals surface area contributed by atoms with Gasteiger partial charge in [-0.3, -0.25) is 0 Å². The van der Waals surface area contributed by atoms with Crippen molar-refractivity contribution < 1.29 is 9.13 Å². The van der Waals surface area contributed by atoms with E-state index in [0.717, 1.165) is 18.4 Å². The van der Waals surface area contributed by atoms with Gasteiger partial charge in [0.15, 0.2) is 11.6 Å². The summed E-state index contributed by atoms with van der Waals surface area (Å²) in [7, 11) is 0. The summed E-state index contributed by atoms with van der Waals surface area (Å²) < 4.78 is 19.5. The van der Waals surface area contributed by atoms with Gasteiger partial charge in [-0.15, -0.1) is 0 Å². The average molecular weight is 308 g/mol. The number of aryl methyl sites for hydroxylation is 1. The van der Waals surface area contributed by atoms with Crippen molar-refractivity contribution in [1.29, 1.82) is 0 Å². The first-order valence-electron chi connectivity index (χ1n) is 6.98. The van der Waals surface area contributed by atoms with E-state index in [-0.39, 0.29) is 17.6 Å². The van der Waals surface area contributed by atoms with E-state index >= 15 is 0 Å². The minimum atomic E-state index is -0.370. The zero-order valence-corrected chi connectivity index (χ0v) is 13.0. The Morgan fingerprint density at radius 2 is 2.00 bits per heavy atom. The van der Waals surface area contributed by atoms with Crippen molar-refractivity contribution in [3.8, 4) is 11.5 Å². The number of nitrogens with two attached hydrogens (primary N) is 1. The van der Waals surface area contributed by atoms with Gasteiger partial charge in [-0.2, -0.15) is 0 Å². The van der Waals surface area contributed by atoms with Gasteiger partial charge < -0.3 is 10.5 Å². The average Bonchev–Trinajstić information content (AvgIpc) is 2.46. The Hall–Kier alpha value is -1.58. The number of benzene rings is 2. The fraction of sp³-hybridized carbons (Fsp3) is 0.294. The van der Waals surface area contributed by atoms with Gasteiger partial charge in [-0.05, 0) is 49.1 Å². The fourth-order valence-electron chi connectivity index (χ4n) is 2.02. The molecule has 0 amide bonds. The van der Waals surface area contributed by atoms with Crippen molar-refractivity contribution in [2.24, 2.45) is 5.73 Å². The fourth-order valence-corrected chi connectivity index (χ4v) is 2.26. The number of rotatable bonds is 5. The van der Waals surface area contributed by atoms with Crippen LogP contribution in [0.3, 0.4) is 0 Å². The molecule has 0 saturated carbocycles. The maximum absolute atomic E-state index is 13.9. The zero-order valence-electron chi connectivity index (χ0n) is 12.2. The molecule has 2 aromatic carbocycles. The first kappa shape index (κ1) is 15.8. The van der Waals surface area contributed by atoms with Crippen LogP contribution in [-0.4, -0.2) is 6.04 Å². The lowest BCUT2D eigenvalue weighted by molar-refractivity contribution is 0.440. The number of hydrogen-bond donors (Lipinski definition) is 1. The van der Waals surface area contributed by atoms with Crippen LogP contribution in [0, 0.1) is 12.7 Å². The van der Waals surface area contributed by atoms with Crippen molar-refractivity contribution in [2.45, 2.75) is 32.7 Å². The maximum atomic E-state index is 13.9. The molecule has 1 atom stereocenters. The van der Waals surface area contributed by atoms with Gasteiger partial charge in [0.1, 0.15) is 5.75 Å². The van der Waals surface area contributed by atoms with Crippen molar-refractivity contribution in [1.82, 2.24) is 0 Å². The minimum Gasteiger partial charge on any atom is -0.453 e. The van der Waals surface area contributed by atoms with Crippen molar-refractivity contribution in [3.63, 3.8) is 0 Å². The van der Waals surface area contributed by atoms with Crippen molar-refractivity contribution in [2.75, 3.05) is 0 Å². The highest BCUT2D eigenvalue weighted by atomic mass is 35.5. The molecule has 0 saturated heterocycles. The summed E-state index contributed by atoms with van der Waals surface area (Å²) in [5, 5.41) is 0.455. The van der Waals surface area contributed by atoms with E-state index < -0.39 is 0 Å². The molecule has 2 rings (SSSR count). The van der Waals surface area contributed by atoms with Gasteiger partial charge in [0.2, 0.25) is 0 Å². The minimum absolute atomic E-state index is 0.113. The van der Waals surface area contributed by atoms with E-state index in [4.69, 9.17) is 22.1 Å². The van der Waals surface area contributed by atoms with Crippen LogP contribution < -0.4 is 10.5 Å². The van der Waals surface area contributed by atoms with Gasteiger partial charge >= 0.3 is 0 Å². The smallest absolute Gasteiger partial charge is 0.168 e. The van der Waals surface area contributed by atoms with Crippen LogP contribution >= 0.6 is 11.6 Å². The molecule has 2 nitrogen and oxygen atoms in total. The number of hydrogen-bond acceptors (Lipinski definition) is 2. The molecule has 112 valence electrons. The molecule has 0 aromatic heterocycles. The van der Waals surface area contributed by atoms with Crippen LogP contribution in [0.1, 0.15) is 24.5 Å². The van der Waals surface area contributed by atoms with Crippen LogP contribution in [-0.2, 0) is 6.42 Å². The van der Waals surface area contributed by atoms with Crippen molar-refractivity contribution in [3.05, 3.63) is 58.4 Å². The van der Waals surface area contributed by atoms with E-state index in [0.29, 0.717) is 16.3 Å². The van der Waals surface area contributed by atoms with E-state index in [1.807, 2.05) is 19.1 Å². The predicted octanol–water partition coefficient (Wildman–Crippen LogP) is 4.86. The predicted molar refractivity (Wildman–Crippen MR) is 84.6 cm³/mol. The Balaban J connectivity index is 2.19. The molecule has 0 radical (unpaired) electrons. The quantitative estimate of drug-likeness (QED) is 0.856. The van der Waals surface area contributed by atoms with Gasteiger partial charge in [0, 0.05) is 6.04 Å². The lowest BCUT2D eigenvalue weighted by Crippen LogP contribution is -2.21. The highest BCUT2D eigenvalue weighted by Gasteiger charge is 2.11.